The topological polar surface area (TPSA) is 3.24 Å². The maximum atomic E-state index is 3.13. The van der Waals surface area contributed by atoms with Crippen LogP contribution in [0.5, 0.6) is 0 Å². The Morgan fingerprint density at radius 1 is 0.571 bits per heavy atom. The minimum Gasteiger partial charge on any atom is -0.297 e. The van der Waals surface area contributed by atoms with Gasteiger partial charge in [-0.05, 0) is 6.42 Å². The summed E-state index contributed by atoms with van der Waals surface area (Å²) in [5.74, 6) is 0. The molecular formula is C27H50N+. The first-order valence-corrected chi connectivity index (χ1v) is 12.9. The highest BCUT2D eigenvalue weighted by atomic mass is 15.1. The molecule has 1 nitrogen and oxygen atoms in total. The Morgan fingerprint density at radius 2 is 0.964 bits per heavy atom. The third kappa shape index (κ3) is 17.3. The SMILES string of the molecule is CCCCCCCCCCCCCCCCCCCCCCN1C=C[C+]=CC1. The lowest BCUT2D eigenvalue weighted by atomic mass is 10.0. The van der Waals surface area contributed by atoms with Crippen molar-refractivity contribution < 1.29 is 0 Å². The van der Waals surface area contributed by atoms with Crippen molar-refractivity contribution in [2.24, 2.45) is 0 Å². The summed E-state index contributed by atoms with van der Waals surface area (Å²) in [6.45, 7) is 4.57. The highest BCUT2D eigenvalue weighted by Gasteiger charge is 2.05. The van der Waals surface area contributed by atoms with Crippen LogP contribution in [0.3, 0.4) is 0 Å². The quantitative estimate of drug-likeness (QED) is 0.140. The molecule has 0 radical (unpaired) electrons. The van der Waals surface area contributed by atoms with Crippen molar-refractivity contribution in [3.8, 4) is 0 Å². The lowest BCUT2D eigenvalue weighted by Crippen LogP contribution is -2.19. The van der Waals surface area contributed by atoms with Crippen molar-refractivity contribution in [1.82, 2.24) is 4.90 Å². The van der Waals surface area contributed by atoms with E-state index in [0.717, 1.165) is 6.54 Å². The summed E-state index contributed by atoms with van der Waals surface area (Å²) < 4.78 is 0. The van der Waals surface area contributed by atoms with Crippen LogP contribution in [0.2, 0.25) is 0 Å². The van der Waals surface area contributed by atoms with Gasteiger partial charge >= 0.3 is 0 Å². The Labute approximate surface area is 178 Å². The van der Waals surface area contributed by atoms with Gasteiger partial charge < -0.3 is 0 Å². The van der Waals surface area contributed by atoms with Gasteiger partial charge in [-0.2, -0.15) is 0 Å². The van der Waals surface area contributed by atoms with Crippen LogP contribution in [0, 0.1) is 6.08 Å². The van der Waals surface area contributed by atoms with E-state index in [-0.39, 0.29) is 0 Å². The zero-order valence-electron chi connectivity index (χ0n) is 19.2. The second-order valence-corrected chi connectivity index (χ2v) is 8.90. The molecule has 1 aliphatic heterocycles. The maximum Gasteiger partial charge on any atom is 0.176 e. The van der Waals surface area contributed by atoms with Gasteiger partial charge in [0.1, 0.15) is 6.20 Å². The molecule has 162 valence electrons. The Morgan fingerprint density at radius 3 is 1.32 bits per heavy atom. The fraction of sp³-hybridized carbons (Fsp3) is 0.852. The zero-order valence-corrected chi connectivity index (χ0v) is 19.2. The lowest BCUT2D eigenvalue weighted by Gasteiger charge is -2.13. The summed E-state index contributed by atoms with van der Waals surface area (Å²) in [4.78, 5) is 2.39. The van der Waals surface area contributed by atoms with Crippen molar-refractivity contribution >= 4 is 0 Å². The van der Waals surface area contributed by atoms with Gasteiger partial charge in [-0.15, -0.1) is 0 Å². The minimum atomic E-state index is 1.05. The fourth-order valence-electron chi connectivity index (χ4n) is 4.18. The van der Waals surface area contributed by atoms with Crippen LogP contribution in [-0.2, 0) is 0 Å². The van der Waals surface area contributed by atoms with Crippen LogP contribution in [0.4, 0.5) is 0 Å². The first-order valence-electron chi connectivity index (χ1n) is 12.9. The van der Waals surface area contributed by atoms with Gasteiger partial charge in [0.05, 0.1) is 18.7 Å². The largest absolute Gasteiger partial charge is 0.297 e. The molecule has 1 aliphatic rings. The average molecular weight is 389 g/mol. The molecule has 0 saturated heterocycles. The van der Waals surface area contributed by atoms with Crippen LogP contribution in [0.15, 0.2) is 18.4 Å². The van der Waals surface area contributed by atoms with Gasteiger partial charge in [-0.1, -0.05) is 129 Å². The number of nitrogens with zero attached hydrogens (tertiary/aromatic N) is 1. The van der Waals surface area contributed by atoms with Crippen LogP contribution in [0.25, 0.3) is 0 Å². The first kappa shape index (κ1) is 25.2. The van der Waals surface area contributed by atoms with E-state index in [1.807, 2.05) is 6.08 Å². The summed E-state index contributed by atoms with van der Waals surface area (Å²) in [6.07, 6.45) is 38.5. The van der Waals surface area contributed by atoms with Gasteiger partial charge in [-0.25, -0.2) is 0 Å². The van der Waals surface area contributed by atoms with Crippen LogP contribution < -0.4 is 0 Å². The summed E-state index contributed by atoms with van der Waals surface area (Å²) in [6, 6.07) is 0. The van der Waals surface area contributed by atoms with Gasteiger partial charge in [0.15, 0.2) is 6.08 Å². The average Bonchev–Trinajstić information content (AvgIpc) is 2.73. The molecule has 1 heteroatoms. The number of unbranched alkanes of at least 4 members (excludes halogenated alkanes) is 19. The lowest BCUT2D eigenvalue weighted by molar-refractivity contribution is 0.391. The molecule has 28 heavy (non-hydrogen) atoms. The Bertz CT molecular complexity index is 357. The van der Waals surface area contributed by atoms with E-state index in [1.165, 1.54) is 135 Å². The standard InChI is InChI=1S/C27H50N/c1-2-3-4-5-6-7-8-9-10-11-12-13-14-15-16-17-18-19-20-22-25-28-26-23-21-24-27-28/h23-24,26H,2-20,22,25,27H2,1H3/q+1. The van der Waals surface area contributed by atoms with Crippen molar-refractivity contribution in [2.75, 3.05) is 13.1 Å². The van der Waals surface area contributed by atoms with Crippen molar-refractivity contribution in [3.05, 3.63) is 24.4 Å². The van der Waals surface area contributed by atoms with E-state index < -0.39 is 0 Å². The predicted molar refractivity (Wildman–Crippen MR) is 127 cm³/mol. The van der Waals surface area contributed by atoms with E-state index in [9.17, 15) is 0 Å². The third-order valence-electron chi connectivity index (χ3n) is 6.12. The third-order valence-corrected chi connectivity index (χ3v) is 6.12. The molecule has 0 saturated carbocycles. The van der Waals surface area contributed by atoms with E-state index in [1.54, 1.807) is 0 Å². The van der Waals surface area contributed by atoms with Gasteiger partial charge in [0.25, 0.3) is 0 Å². The first-order chi connectivity index (χ1) is 13.9. The molecule has 0 aromatic carbocycles. The molecule has 0 aliphatic carbocycles. The van der Waals surface area contributed by atoms with Crippen molar-refractivity contribution in [1.29, 1.82) is 0 Å². The van der Waals surface area contributed by atoms with E-state index in [0.29, 0.717) is 0 Å². The predicted octanol–water partition coefficient (Wildman–Crippen LogP) is 9.00. The second kappa shape index (κ2) is 20.9. The number of hydrogen-bond donors (Lipinski definition) is 0. The highest BCUT2D eigenvalue weighted by Crippen LogP contribution is 2.15. The second-order valence-electron chi connectivity index (χ2n) is 8.90. The molecule has 0 spiro atoms. The molecule has 0 fully saturated rings. The summed E-state index contributed by atoms with van der Waals surface area (Å²) in [5, 5.41) is 0. The smallest absolute Gasteiger partial charge is 0.176 e. The fourth-order valence-corrected chi connectivity index (χ4v) is 4.18. The van der Waals surface area contributed by atoms with Crippen molar-refractivity contribution in [2.45, 2.75) is 135 Å². The molecule has 0 N–H and O–H groups in total. The Kier molecular flexibility index (Phi) is 18.8. The minimum absolute atomic E-state index is 1.05. The normalized spacial score (nSPS) is 13.2. The molecular weight excluding hydrogens is 338 g/mol. The van der Waals surface area contributed by atoms with Gasteiger partial charge in [0.2, 0.25) is 0 Å². The van der Waals surface area contributed by atoms with Gasteiger partial charge in [-0.3, -0.25) is 4.90 Å². The zero-order chi connectivity index (χ0) is 20.0. The highest BCUT2D eigenvalue weighted by molar-refractivity contribution is 5.02. The number of allylic oxidation sites excluding steroid dienone is 2. The summed E-state index contributed by atoms with van der Waals surface area (Å²) >= 11 is 0. The summed E-state index contributed by atoms with van der Waals surface area (Å²) in [5.41, 5.74) is 0. The monoisotopic (exact) mass is 388 g/mol. The Hall–Kier alpha value is -0.810. The molecule has 0 aromatic rings. The van der Waals surface area contributed by atoms with Crippen molar-refractivity contribution in [3.63, 3.8) is 0 Å². The number of rotatable bonds is 21. The summed E-state index contributed by atoms with van der Waals surface area (Å²) in [7, 11) is 0. The van der Waals surface area contributed by atoms with Crippen LogP contribution >= 0.6 is 0 Å². The molecule has 0 aromatic heterocycles. The van der Waals surface area contributed by atoms with Crippen LogP contribution in [0.1, 0.15) is 135 Å². The molecule has 0 unspecified atom stereocenters. The molecule has 0 bridgehead atoms. The number of hydrogen-bond acceptors (Lipinski definition) is 1. The van der Waals surface area contributed by atoms with Crippen LogP contribution in [-0.4, -0.2) is 18.0 Å². The molecule has 0 atom stereocenters. The van der Waals surface area contributed by atoms with E-state index in [4.69, 9.17) is 0 Å². The molecule has 0 amide bonds. The van der Waals surface area contributed by atoms with E-state index >= 15 is 0 Å². The maximum absolute atomic E-state index is 3.13. The molecule has 1 heterocycles. The van der Waals surface area contributed by atoms with Gasteiger partial charge in [0, 0.05) is 6.54 Å². The molecule has 1 rings (SSSR count). The van der Waals surface area contributed by atoms with E-state index in [2.05, 4.69) is 30.2 Å². The Balaban J connectivity index is 1.65.